The summed E-state index contributed by atoms with van der Waals surface area (Å²) in [5.41, 5.74) is 5.31. The van der Waals surface area contributed by atoms with Crippen LogP contribution in [0.25, 0.3) is 11.1 Å². The quantitative estimate of drug-likeness (QED) is 0.524. The van der Waals surface area contributed by atoms with Gasteiger partial charge in [-0.25, -0.2) is 0 Å². The normalized spacial score (nSPS) is 16.5. The molecule has 1 N–H and O–H groups in total. The average Bonchev–Trinajstić information content (AvgIpc) is 2.81. The van der Waals surface area contributed by atoms with Crippen LogP contribution in [0, 0.1) is 6.92 Å². The largest absolute Gasteiger partial charge is 0.497 e. The summed E-state index contributed by atoms with van der Waals surface area (Å²) < 4.78 is 5.17. The third-order valence-electron chi connectivity index (χ3n) is 6.03. The highest BCUT2D eigenvalue weighted by Crippen LogP contribution is 2.26. The second-order valence-corrected chi connectivity index (χ2v) is 8.85. The molecule has 0 aliphatic carbocycles. The summed E-state index contributed by atoms with van der Waals surface area (Å²) in [7, 11) is 1.62. The molecule has 1 aliphatic heterocycles. The summed E-state index contributed by atoms with van der Waals surface area (Å²) in [5.74, 6) is 0.721. The Morgan fingerprint density at radius 2 is 1.88 bits per heavy atom. The zero-order valence-corrected chi connectivity index (χ0v) is 19.4. The predicted octanol–water partition coefficient (Wildman–Crippen LogP) is 5.72. The molecule has 0 aromatic heterocycles. The first-order valence-corrected chi connectivity index (χ1v) is 11.4. The van der Waals surface area contributed by atoms with Crippen molar-refractivity contribution in [2.45, 2.75) is 32.4 Å². The highest BCUT2D eigenvalue weighted by atomic mass is 35.5. The molecule has 1 aliphatic rings. The lowest BCUT2D eigenvalue weighted by Gasteiger charge is -2.33. The Hall–Kier alpha value is -2.82. The van der Waals surface area contributed by atoms with Crippen LogP contribution in [0.2, 0.25) is 5.02 Å². The summed E-state index contributed by atoms with van der Waals surface area (Å²) in [6.07, 6.45) is 2.07. The SMILES string of the molecule is COc1ccc(C(=O)NC2CCCN(Cc3cccc(-c4ccc(C)c(Cl)c4)c3)C2)cc1. The summed E-state index contributed by atoms with van der Waals surface area (Å²) in [6.45, 7) is 4.77. The van der Waals surface area contributed by atoms with Crippen molar-refractivity contribution in [3.8, 4) is 16.9 Å². The fourth-order valence-corrected chi connectivity index (χ4v) is 4.39. The van der Waals surface area contributed by atoms with Gasteiger partial charge >= 0.3 is 0 Å². The van der Waals surface area contributed by atoms with E-state index in [0.717, 1.165) is 54.4 Å². The van der Waals surface area contributed by atoms with Gasteiger partial charge in [-0.1, -0.05) is 41.9 Å². The molecule has 3 aromatic rings. The van der Waals surface area contributed by atoms with Crippen LogP contribution in [0.1, 0.15) is 34.3 Å². The fraction of sp³-hybridized carbons (Fsp3) is 0.296. The number of aryl methyl sites for hydroxylation is 1. The molecule has 1 heterocycles. The molecule has 166 valence electrons. The summed E-state index contributed by atoms with van der Waals surface area (Å²) in [4.78, 5) is 15.1. The van der Waals surface area contributed by atoms with Crippen molar-refractivity contribution in [3.05, 3.63) is 88.4 Å². The summed E-state index contributed by atoms with van der Waals surface area (Å²) >= 11 is 6.33. The van der Waals surface area contributed by atoms with E-state index in [4.69, 9.17) is 16.3 Å². The van der Waals surface area contributed by atoms with Crippen LogP contribution in [-0.2, 0) is 6.54 Å². The molecule has 5 heteroatoms. The van der Waals surface area contributed by atoms with E-state index in [1.54, 1.807) is 19.2 Å². The van der Waals surface area contributed by atoms with Crippen molar-refractivity contribution >= 4 is 17.5 Å². The molecule has 1 unspecified atom stereocenters. The van der Waals surface area contributed by atoms with Crippen molar-refractivity contribution in [2.75, 3.05) is 20.2 Å². The lowest BCUT2D eigenvalue weighted by molar-refractivity contribution is 0.0901. The first-order valence-electron chi connectivity index (χ1n) is 11.0. The number of piperidine rings is 1. The van der Waals surface area contributed by atoms with E-state index in [-0.39, 0.29) is 11.9 Å². The zero-order valence-electron chi connectivity index (χ0n) is 18.6. The maximum absolute atomic E-state index is 12.6. The van der Waals surface area contributed by atoms with Crippen LogP contribution >= 0.6 is 11.6 Å². The number of nitrogens with one attached hydrogen (secondary N) is 1. The molecule has 1 atom stereocenters. The van der Waals surface area contributed by atoms with Gasteiger partial charge in [0.25, 0.3) is 5.91 Å². The molecule has 1 fully saturated rings. The molecule has 0 saturated carbocycles. The number of hydrogen-bond donors (Lipinski definition) is 1. The van der Waals surface area contributed by atoms with Gasteiger partial charge in [0.05, 0.1) is 7.11 Å². The third kappa shape index (κ3) is 5.50. The number of carbonyl (C=O) groups is 1. The van der Waals surface area contributed by atoms with E-state index in [0.29, 0.717) is 5.56 Å². The summed E-state index contributed by atoms with van der Waals surface area (Å²) in [6, 6.07) is 22.2. The minimum absolute atomic E-state index is 0.0299. The Bertz CT molecular complexity index is 1080. The van der Waals surface area contributed by atoms with E-state index in [2.05, 4.69) is 46.6 Å². The fourth-order valence-electron chi connectivity index (χ4n) is 4.21. The smallest absolute Gasteiger partial charge is 0.251 e. The van der Waals surface area contributed by atoms with Gasteiger partial charge in [-0.15, -0.1) is 0 Å². The minimum Gasteiger partial charge on any atom is -0.497 e. The number of amides is 1. The van der Waals surface area contributed by atoms with Gasteiger partial charge in [0.15, 0.2) is 0 Å². The second kappa shape index (κ2) is 10.2. The van der Waals surface area contributed by atoms with Crippen molar-refractivity contribution in [1.82, 2.24) is 10.2 Å². The number of halogens is 1. The number of benzene rings is 3. The highest BCUT2D eigenvalue weighted by Gasteiger charge is 2.22. The number of rotatable bonds is 6. The van der Waals surface area contributed by atoms with Crippen molar-refractivity contribution in [2.24, 2.45) is 0 Å². The lowest BCUT2D eigenvalue weighted by atomic mass is 10.0. The number of ether oxygens (including phenoxy) is 1. The molecule has 4 nitrogen and oxygen atoms in total. The van der Waals surface area contributed by atoms with Crippen LogP contribution in [0.5, 0.6) is 5.75 Å². The van der Waals surface area contributed by atoms with E-state index >= 15 is 0 Å². The van der Waals surface area contributed by atoms with Gasteiger partial charge < -0.3 is 10.1 Å². The monoisotopic (exact) mass is 448 g/mol. The van der Waals surface area contributed by atoms with Gasteiger partial charge in [0.2, 0.25) is 0 Å². The Morgan fingerprint density at radius 3 is 2.62 bits per heavy atom. The molecule has 32 heavy (non-hydrogen) atoms. The minimum atomic E-state index is -0.0299. The Morgan fingerprint density at radius 1 is 1.09 bits per heavy atom. The molecule has 0 spiro atoms. The zero-order chi connectivity index (χ0) is 22.5. The lowest BCUT2D eigenvalue weighted by Crippen LogP contribution is -2.47. The topological polar surface area (TPSA) is 41.6 Å². The van der Waals surface area contributed by atoms with E-state index < -0.39 is 0 Å². The van der Waals surface area contributed by atoms with Crippen molar-refractivity contribution in [3.63, 3.8) is 0 Å². The van der Waals surface area contributed by atoms with E-state index in [9.17, 15) is 4.79 Å². The molecule has 4 rings (SSSR count). The Labute approximate surface area is 195 Å². The van der Waals surface area contributed by atoms with Gasteiger partial charge in [-0.05, 0) is 85.0 Å². The van der Waals surface area contributed by atoms with E-state index in [1.165, 1.54) is 11.1 Å². The van der Waals surface area contributed by atoms with Gasteiger partial charge in [0.1, 0.15) is 5.75 Å². The maximum Gasteiger partial charge on any atom is 0.251 e. The number of carbonyl (C=O) groups excluding carboxylic acids is 1. The first-order chi connectivity index (χ1) is 15.5. The van der Waals surface area contributed by atoms with E-state index in [1.807, 2.05) is 25.1 Å². The first kappa shape index (κ1) is 22.4. The van der Waals surface area contributed by atoms with Crippen molar-refractivity contribution in [1.29, 1.82) is 0 Å². The molecule has 0 radical (unpaired) electrons. The second-order valence-electron chi connectivity index (χ2n) is 8.44. The molecule has 0 bridgehead atoms. The van der Waals surface area contributed by atoms with Crippen LogP contribution in [0.4, 0.5) is 0 Å². The molecule has 1 amide bonds. The van der Waals surface area contributed by atoms with Gasteiger partial charge in [-0.2, -0.15) is 0 Å². The van der Waals surface area contributed by atoms with Crippen LogP contribution < -0.4 is 10.1 Å². The molecule has 3 aromatic carbocycles. The number of hydrogen-bond acceptors (Lipinski definition) is 3. The van der Waals surface area contributed by atoms with Crippen LogP contribution in [0.3, 0.4) is 0 Å². The number of methoxy groups -OCH3 is 1. The van der Waals surface area contributed by atoms with Crippen LogP contribution in [-0.4, -0.2) is 37.0 Å². The Kier molecular flexibility index (Phi) is 7.13. The highest BCUT2D eigenvalue weighted by molar-refractivity contribution is 6.31. The maximum atomic E-state index is 12.6. The Balaban J connectivity index is 1.38. The average molecular weight is 449 g/mol. The van der Waals surface area contributed by atoms with Crippen LogP contribution in [0.15, 0.2) is 66.7 Å². The number of likely N-dealkylation sites (tertiary alicyclic amines) is 1. The molecule has 1 saturated heterocycles. The molecular weight excluding hydrogens is 420 g/mol. The summed E-state index contributed by atoms with van der Waals surface area (Å²) in [5, 5.41) is 3.99. The standard InChI is InChI=1S/C27H29ClN2O2/c1-19-8-9-23(16-26(19)28)22-6-3-5-20(15-22)17-30-14-4-7-24(18-30)29-27(31)21-10-12-25(32-2)13-11-21/h3,5-6,8-13,15-16,24H,4,7,14,17-18H2,1-2H3,(H,29,31). The van der Waals surface area contributed by atoms with Gasteiger partial charge in [-0.3, -0.25) is 9.69 Å². The predicted molar refractivity (Wildman–Crippen MR) is 130 cm³/mol. The molecular formula is C27H29ClN2O2. The third-order valence-corrected chi connectivity index (χ3v) is 6.44. The van der Waals surface area contributed by atoms with Gasteiger partial charge in [0, 0.05) is 29.7 Å². The van der Waals surface area contributed by atoms with Crippen molar-refractivity contribution < 1.29 is 9.53 Å². The number of nitrogens with zero attached hydrogens (tertiary/aromatic N) is 1.